The van der Waals surface area contributed by atoms with Crippen molar-refractivity contribution < 1.29 is 37.1 Å². The number of allylic oxidation sites excluding steroid dienone is 1. The van der Waals surface area contributed by atoms with Gasteiger partial charge in [0.15, 0.2) is 0 Å². The maximum Gasteiger partial charge on any atom is 0.408 e. The number of benzene rings is 1. The van der Waals surface area contributed by atoms with Crippen molar-refractivity contribution in [2.24, 2.45) is 5.92 Å². The Morgan fingerprint density at radius 3 is 2.54 bits per heavy atom. The van der Waals surface area contributed by atoms with E-state index < -0.39 is 69.3 Å². The zero-order valence-electron chi connectivity index (χ0n) is 31.4. The van der Waals surface area contributed by atoms with Crippen LogP contribution in [0.1, 0.15) is 91.2 Å². The molecule has 286 valence electrons. The first kappa shape index (κ1) is 39.0. The molecule has 2 aromatic rings. The van der Waals surface area contributed by atoms with E-state index in [1.54, 1.807) is 20.8 Å². The topological polar surface area (TPSA) is 181 Å². The Morgan fingerprint density at radius 2 is 1.87 bits per heavy atom. The quantitative estimate of drug-likeness (QED) is 0.358. The maximum atomic E-state index is 14.5. The third-order valence-electron chi connectivity index (χ3n) is 9.71. The Kier molecular flexibility index (Phi) is 11.3. The van der Waals surface area contributed by atoms with E-state index in [1.165, 1.54) is 19.0 Å². The van der Waals surface area contributed by atoms with Crippen LogP contribution < -0.4 is 20.1 Å². The standard InChI is InChI=1S/C36H53N7O8S/c1-22(2)43-29-23(3)15-14-18-26(29)37-33(43)50-25-19-28-30(44)39-36(32(46)40-52(48,49)41(7)8)20-24(36)16-12-10-9-11-13-17-27(31(45)42(28)21-25)38-34(47)51-35(4,5)6/h12,14-16,18,22,24-25,27-28H,9-11,13,17,19-21H2,1-8H3,(H,38,47)(H,39,44)(H,40,46)/t24-,25-,27+,28+,36-/m1/s1. The van der Waals surface area contributed by atoms with Crippen molar-refractivity contribution in [1.29, 1.82) is 0 Å². The van der Waals surface area contributed by atoms with Gasteiger partial charge in [-0.15, -0.1) is 0 Å². The molecule has 15 nitrogen and oxygen atoms in total. The van der Waals surface area contributed by atoms with Gasteiger partial charge in [0.2, 0.25) is 11.8 Å². The van der Waals surface area contributed by atoms with E-state index in [-0.39, 0.29) is 25.4 Å². The number of imidazole rings is 1. The van der Waals surface area contributed by atoms with Crippen LogP contribution in [0.25, 0.3) is 11.0 Å². The highest BCUT2D eigenvalue weighted by Crippen LogP contribution is 2.46. The van der Waals surface area contributed by atoms with E-state index in [4.69, 9.17) is 14.5 Å². The van der Waals surface area contributed by atoms with Crippen LogP contribution in [0.4, 0.5) is 4.79 Å². The maximum absolute atomic E-state index is 14.5. The number of carbonyl (C=O) groups is 4. The number of hydrogen-bond acceptors (Lipinski definition) is 9. The lowest BCUT2D eigenvalue weighted by atomic mass is 10.0. The van der Waals surface area contributed by atoms with E-state index in [0.717, 1.165) is 33.7 Å². The first-order valence-electron chi connectivity index (χ1n) is 18.0. The third kappa shape index (κ3) is 8.54. The molecule has 0 bridgehead atoms. The van der Waals surface area contributed by atoms with Crippen molar-refractivity contribution in [3.8, 4) is 6.01 Å². The first-order valence-corrected chi connectivity index (χ1v) is 19.4. The van der Waals surface area contributed by atoms with Gasteiger partial charge >= 0.3 is 16.3 Å². The molecular formula is C36H53N7O8S. The summed E-state index contributed by atoms with van der Waals surface area (Å²) in [6.45, 7) is 11.2. The summed E-state index contributed by atoms with van der Waals surface area (Å²) in [5.41, 5.74) is 0.349. The number of aromatic nitrogens is 2. The van der Waals surface area contributed by atoms with Crippen LogP contribution in [-0.4, -0.2) is 101 Å². The SMILES string of the molecule is Cc1cccc2nc(O[C@@H]3C[C@H]4C(=O)N[C@]5(C(=O)NS(=O)(=O)N(C)C)C[C@H]5C=CCCCCC[C@H](NC(=O)OC(C)(C)C)C(=O)N4C3)n(C(C)C)c12. The van der Waals surface area contributed by atoms with Crippen molar-refractivity contribution in [2.75, 3.05) is 20.6 Å². The Hall–Kier alpha value is -4.18. The van der Waals surface area contributed by atoms with Crippen LogP contribution >= 0.6 is 0 Å². The number of ether oxygens (including phenoxy) is 2. The van der Waals surface area contributed by atoms with Crippen molar-refractivity contribution in [3.05, 3.63) is 35.9 Å². The summed E-state index contributed by atoms with van der Waals surface area (Å²) in [4.78, 5) is 61.6. The molecule has 4 amide bonds. The molecule has 3 heterocycles. The second-order valence-electron chi connectivity index (χ2n) is 15.5. The first-order chi connectivity index (χ1) is 24.3. The number of amides is 4. The summed E-state index contributed by atoms with van der Waals surface area (Å²) in [6.07, 6.45) is 5.77. The molecule has 5 atom stereocenters. The minimum Gasteiger partial charge on any atom is -0.459 e. The van der Waals surface area contributed by atoms with Crippen LogP contribution in [0, 0.1) is 12.8 Å². The van der Waals surface area contributed by atoms with Crippen molar-refractivity contribution in [3.63, 3.8) is 0 Å². The predicted molar refractivity (Wildman–Crippen MR) is 195 cm³/mol. The summed E-state index contributed by atoms with van der Waals surface area (Å²) >= 11 is 0. The molecule has 16 heteroatoms. The summed E-state index contributed by atoms with van der Waals surface area (Å²) < 4.78 is 42.3. The molecule has 0 radical (unpaired) electrons. The average Bonchev–Trinajstić information content (AvgIpc) is 3.36. The Morgan fingerprint density at radius 1 is 1.13 bits per heavy atom. The number of aryl methyl sites for hydroxylation is 1. The average molecular weight is 744 g/mol. The fourth-order valence-electron chi connectivity index (χ4n) is 6.93. The Bertz CT molecular complexity index is 1830. The predicted octanol–water partition coefficient (Wildman–Crippen LogP) is 3.49. The van der Waals surface area contributed by atoms with Gasteiger partial charge in [0, 0.05) is 32.5 Å². The highest BCUT2D eigenvalue weighted by molar-refractivity contribution is 7.87. The molecule has 0 spiro atoms. The molecule has 52 heavy (non-hydrogen) atoms. The summed E-state index contributed by atoms with van der Waals surface area (Å²) in [5, 5.41) is 5.60. The zero-order valence-corrected chi connectivity index (χ0v) is 32.2. The highest BCUT2D eigenvalue weighted by atomic mass is 32.2. The summed E-state index contributed by atoms with van der Waals surface area (Å²) in [6, 6.07) is 4.04. The number of nitrogens with one attached hydrogen (secondary N) is 3. The number of nitrogens with zero attached hydrogens (tertiary/aromatic N) is 4. The molecule has 1 saturated carbocycles. The molecular weight excluding hydrogens is 691 g/mol. The van der Waals surface area contributed by atoms with Gasteiger partial charge in [0.05, 0.1) is 17.6 Å². The molecule has 5 rings (SSSR count). The van der Waals surface area contributed by atoms with Crippen molar-refractivity contribution in [2.45, 2.75) is 122 Å². The zero-order chi connectivity index (χ0) is 38.2. The lowest BCUT2D eigenvalue weighted by molar-refractivity contribution is -0.141. The van der Waals surface area contributed by atoms with E-state index in [2.05, 4.69) is 15.4 Å². The number of alkyl carbamates (subject to hydrolysis) is 1. The fourth-order valence-corrected chi connectivity index (χ4v) is 7.52. The molecule has 2 fully saturated rings. The second-order valence-corrected chi connectivity index (χ2v) is 17.4. The Labute approximate surface area is 306 Å². The van der Waals surface area contributed by atoms with Crippen LogP contribution in [0.3, 0.4) is 0 Å². The number of carbonyl (C=O) groups excluding carboxylic acids is 4. The summed E-state index contributed by atoms with van der Waals surface area (Å²) in [7, 11) is -1.56. The molecule has 1 aromatic carbocycles. The van der Waals surface area contributed by atoms with Crippen LogP contribution in [0.5, 0.6) is 6.01 Å². The molecule has 0 unspecified atom stereocenters. The highest BCUT2D eigenvalue weighted by Gasteiger charge is 2.61. The van der Waals surface area contributed by atoms with E-state index in [9.17, 15) is 27.6 Å². The number of fused-ring (bicyclic) bond motifs is 3. The van der Waals surface area contributed by atoms with E-state index in [1.807, 2.05) is 55.7 Å². The number of para-hydroxylation sites is 1. The summed E-state index contributed by atoms with van der Waals surface area (Å²) in [5.74, 6) is -2.43. The monoisotopic (exact) mass is 743 g/mol. The molecule has 3 N–H and O–H groups in total. The Balaban J connectivity index is 1.50. The van der Waals surface area contributed by atoms with Crippen LogP contribution in [0.15, 0.2) is 30.4 Å². The minimum absolute atomic E-state index is 0.00123. The van der Waals surface area contributed by atoms with Gasteiger partial charge in [0.1, 0.15) is 29.3 Å². The van der Waals surface area contributed by atoms with Gasteiger partial charge < -0.3 is 25.0 Å². The lowest BCUT2D eigenvalue weighted by Crippen LogP contribution is -2.58. The third-order valence-corrected chi connectivity index (χ3v) is 11.1. The molecule has 1 aromatic heterocycles. The van der Waals surface area contributed by atoms with Crippen molar-refractivity contribution in [1.82, 2.24) is 34.1 Å². The minimum atomic E-state index is -4.16. The van der Waals surface area contributed by atoms with Gasteiger partial charge in [-0.05, 0) is 78.9 Å². The van der Waals surface area contributed by atoms with Gasteiger partial charge in [-0.2, -0.15) is 17.7 Å². The van der Waals surface area contributed by atoms with Gasteiger partial charge in [-0.25, -0.2) is 9.52 Å². The lowest BCUT2D eigenvalue weighted by Gasteiger charge is -2.30. The van der Waals surface area contributed by atoms with Crippen molar-refractivity contribution >= 4 is 45.1 Å². The second kappa shape index (κ2) is 15.0. The molecule has 1 saturated heterocycles. The van der Waals surface area contributed by atoms with E-state index in [0.29, 0.717) is 25.3 Å². The molecule has 3 aliphatic rings. The van der Waals surface area contributed by atoms with Gasteiger partial charge in [0.25, 0.3) is 11.9 Å². The molecule has 2 aliphatic heterocycles. The van der Waals surface area contributed by atoms with E-state index >= 15 is 0 Å². The number of hydrogen-bond donors (Lipinski definition) is 3. The van der Waals surface area contributed by atoms with Crippen LogP contribution in [-0.2, 0) is 29.3 Å². The normalized spacial score (nSPS) is 25.9. The smallest absolute Gasteiger partial charge is 0.408 e. The van der Waals surface area contributed by atoms with Crippen LogP contribution in [0.2, 0.25) is 0 Å². The largest absolute Gasteiger partial charge is 0.459 e. The molecule has 1 aliphatic carbocycles. The fraction of sp³-hybridized carbons (Fsp3) is 0.639. The van der Waals surface area contributed by atoms with Gasteiger partial charge in [-0.3, -0.25) is 19.0 Å². The van der Waals surface area contributed by atoms with Gasteiger partial charge in [-0.1, -0.05) is 37.1 Å². The number of rotatable bonds is 7.